The van der Waals surface area contributed by atoms with Crippen molar-refractivity contribution in [3.05, 3.63) is 81.3 Å². The third-order valence-corrected chi connectivity index (χ3v) is 5.11. The lowest BCUT2D eigenvalue weighted by Crippen LogP contribution is -2.18. The van der Waals surface area contributed by atoms with Crippen molar-refractivity contribution in [2.75, 3.05) is 21.3 Å². The van der Waals surface area contributed by atoms with Gasteiger partial charge in [0.25, 0.3) is 5.91 Å². The van der Waals surface area contributed by atoms with Crippen LogP contribution in [0.15, 0.2) is 59.7 Å². The van der Waals surface area contributed by atoms with E-state index in [0.29, 0.717) is 50.8 Å². The van der Waals surface area contributed by atoms with E-state index in [0.717, 1.165) is 5.56 Å². The highest BCUT2D eigenvalue weighted by atomic mass is 35.5. The maximum atomic E-state index is 12.5. The molecular weight excluding hydrogens is 467 g/mol. The average Bonchev–Trinajstić information content (AvgIpc) is 2.83. The lowest BCUT2D eigenvalue weighted by molar-refractivity contribution is 0.0952. The number of nitrogens with one attached hydrogen (secondary N) is 1. The number of hydrazone groups is 1. The van der Waals surface area contributed by atoms with Gasteiger partial charge >= 0.3 is 0 Å². The first kappa shape index (κ1) is 24.2. The monoisotopic (exact) mass is 488 g/mol. The minimum atomic E-state index is -0.438. The Morgan fingerprint density at radius 3 is 2.33 bits per heavy atom. The number of hydrogen-bond donors (Lipinski definition) is 1. The van der Waals surface area contributed by atoms with E-state index in [1.807, 2.05) is 12.1 Å². The zero-order chi connectivity index (χ0) is 23.8. The molecule has 33 heavy (non-hydrogen) atoms. The molecule has 0 atom stereocenters. The Hall–Kier alpha value is -3.42. The molecule has 3 rings (SSSR count). The van der Waals surface area contributed by atoms with Gasteiger partial charge in [0.15, 0.2) is 11.5 Å². The van der Waals surface area contributed by atoms with Gasteiger partial charge in [-0.2, -0.15) is 5.10 Å². The van der Waals surface area contributed by atoms with Crippen LogP contribution >= 0.6 is 23.2 Å². The Morgan fingerprint density at radius 2 is 1.67 bits per heavy atom. The molecule has 0 unspecified atom stereocenters. The summed E-state index contributed by atoms with van der Waals surface area (Å²) in [5, 5.41) is 4.99. The summed E-state index contributed by atoms with van der Waals surface area (Å²) in [6.45, 7) is 0.292. The molecule has 0 fully saturated rings. The van der Waals surface area contributed by atoms with Crippen LogP contribution in [0.3, 0.4) is 0 Å². The van der Waals surface area contributed by atoms with Crippen LogP contribution in [0, 0.1) is 0 Å². The number of ether oxygens (including phenoxy) is 4. The summed E-state index contributed by atoms with van der Waals surface area (Å²) < 4.78 is 21.6. The van der Waals surface area contributed by atoms with Gasteiger partial charge in [-0.3, -0.25) is 4.79 Å². The number of carbonyl (C=O) groups excluding carboxylic acids is 1. The molecule has 0 saturated carbocycles. The van der Waals surface area contributed by atoms with E-state index >= 15 is 0 Å². The Morgan fingerprint density at radius 1 is 0.939 bits per heavy atom. The first-order chi connectivity index (χ1) is 15.9. The van der Waals surface area contributed by atoms with Crippen LogP contribution < -0.4 is 24.4 Å². The second kappa shape index (κ2) is 11.4. The molecular formula is C24H22Cl2N2O5. The molecule has 0 heterocycles. The van der Waals surface area contributed by atoms with Gasteiger partial charge in [0.2, 0.25) is 0 Å². The molecule has 1 N–H and O–H groups in total. The SMILES string of the molecule is COc1ccc(C(=O)N/N=C\c2cc(Cl)c(OCc3ccc(Cl)cc3)c(OC)c2)c(OC)c1. The predicted octanol–water partition coefficient (Wildman–Crippen LogP) is 5.36. The average molecular weight is 489 g/mol. The summed E-state index contributed by atoms with van der Waals surface area (Å²) in [6, 6.07) is 15.5. The molecule has 0 aliphatic carbocycles. The highest BCUT2D eigenvalue weighted by molar-refractivity contribution is 6.32. The van der Waals surface area contributed by atoms with Crippen LogP contribution in [-0.2, 0) is 6.61 Å². The van der Waals surface area contributed by atoms with Gasteiger partial charge in [0, 0.05) is 11.1 Å². The maximum Gasteiger partial charge on any atom is 0.275 e. The van der Waals surface area contributed by atoms with Gasteiger partial charge in [-0.1, -0.05) is 35.3 Å². The second-order valence-corrected chi connectivity index (χ2v) is 7.56. The number of amides is 1. The lowest BCUT2D eigenvalue weighted by Gasteiger charge is -2.13. The number of carbonyl (C=O) groups is 1. The molecule has 1 amide bonds. The van der Waals surface area contributed by atoms with Gasteiger partial charge in [-0.25, -0.2) is 5.43 Å². The Kier molecular flexibility index (Phi) is 8.40. The van der Waals surface area contributed by atoms with Crippen molar-refractivity contribution in [2.24, 2.45) is 5.10 Å². The fourth-order valence-electron chi connectivity index (χ4n) is 2.90. The molecule has 7 nitrogen and oxygen atoms in total. The van der Waals surface area contributed by atoms with E-state index in [1.165, 1.54) is 27.5 Å². The summed E-state index contributed by atoms with van der Waals surface area (Å²) >= 11 is 12.3. The van der Waals surface area contributed by atoms with Crippen LogP contribution in [0.25, 0.3) is 0 Å². The van der Waals surface area contributed by atoms with Crippen molar-refractivity contribution in [1.82, 2.24) is 5.43 Å². The maximum absolute atomic E-state index is 12.5. The van der Waals surface area contributed by atoms with Crippen LogP contribution in [0.1, 0.15) is 21.5 Å². The minimum absolute atomic E-state index is 0.292. The van der Waals surface area contributed by atoms with Gasteiger partial charge in [-0.05, 0) is 47.5 Å². The molecule has 0 saturated heterocycles. The molecule has 0 aliphatic heterocycles. The smallest absolute Gasteiger partial charge is 0.275 e. The summed E-state index contributed by atoms with van der Waals surface area (Å²) in [5.74, 6) is 1.34. The Labute approximate surface area is 201 Å². The van der Waals surface area contributed by atoms with Crippen molar-refractivity contribution in [1.29, 1.82) is 0 Å². The molecule has 3 aromatic carbocycles. The molecule has 0 bridgehead atoms. The third kappa shape index (κ3) is 6.31. The van der Waals surface area contributed by atoms with Crippen molar-refractivity contribution in [3.63, 3.8) is 0 Å². The van der Waals surface area contributed by atoms with Gasteiger partial charge in [0.05, 0.1) is 38.1 Å². The first-order valence-electron chi connectivity index (χ1n) is 9.75. The van der Waals surface area contributed by atoms with Crippen LogP contribution in [0.4, 0.5) is 0 Å². The first-order valence-corrected chi connectivity index (χ1v) is 10.5. The van der Waals surface area contributed by atoms with Crippen molar-refractivity contribution in [2.45, 2.75) is 6.61 Å². The van der Waals surface area contributed by atoms with Gasteiger partial charge < -0.3 is 18.9 Å². The van der Waals surface area contributed by atoms with E-state index < -0.39 is 5.91 Å². The fourth-order valence-corrected chi connectivity index (χ4v) is 3.30. The highest BCUT2D eigenvalue weighted by Crippen LogP contribution is 2.36. The lowest BCUT2D eigenvalue weighted by atomic mass is 10.2. The van der Waals surface area contributed by atoms with Crippen LogP contribution in [0.2, 0.25) is 10.0 Å². The topological polar surface area (TPSA) is 78.4 Å². The highest BCUT2D eigenvalue weighted by Gasteiger charge is 2.14. The molecule has 172 valence electrons. The minimum Gasteiger partial charge on any atom is -0.497 e. The quantitative estimate of drug-likeness (QED) is 0.323. The molecule has 0 aromatic heterocycles. The van der Waals surface area contributed by atoms with E-state index in [1.54, 1.807) is 42.5 Å². The summed E-state index contributed by atoms with van der Waals surface area (Å²) in [5.41, 5.74) is 4.32. The summed E-state index contributed by atoms with van der Waals surface area (Å²) in [6.07, 6.45) is 1.45. The molecule has 0 radical (unpaired) electrons. The fraction of sp³-hybridized carbons (Fsp3) is 0.167. The summed E-state index contributed by atoms with van der Waals surface area (Å²) in [4.78, 5) is 12.5. The van der Waals surface area contributed by atoms with E-state index in [2.05, 4.69) is 10.5 Å². The van der Waals surface area contributed by atoms with Crippen molar-refractivity contribution >= 4 is 35.3 Å². The van der Waals surface area contributed by atoms with Crippen molar-refractivity contribution in [3.8, 4) is 23.0 Å². The van der Waals surface area contributed by atoms with E-state index in [-0.39, 0.29) is 0 Å². The van der Waals surface area contributed by atoms with E-state index in [4.69, 9.17) is 42.1 Å². The number of nitrogens with zero attached hydrogens (tertiary/aromatic N) is 1. The Balaban J connectivity index is 1.70. The number of benzene rings is 3. The number of methoxy groups -OCH3 is 3. The zero-order valence-electron chi connectivity index (χ0n) is 18.2. The Bertz CT molecular complexity index is 1150. The zero-order valence-corrected chi connectivity index (χ0v) is 19.7. The third-order valence-electron chi connectivity index (χ3n) is 4.58. The molecule has 3 aromatic rings. The number of hydrogen-bond acceptors (Lipinski definition) is 6. The van der Waals surface area contributed by atoms with Crippen LogP contribution in [0.5, 0.6) is 23.0 Å². The summed E-state index contributed by atoms with van der Waals surface area (Å²) in [7, 11) is 4.52. The van der Waals surface area contributed by atoms with Crippen molar-refractivity contribution < 1.29 is 23.7 Å². The van der Waals surface area contributed by atoms with Gasteiger partial charge in [0.1, 0.15) is 18.1 Å². The molecule has 0 aliphatic rings. The predicted molar refractivity (Wildman–Crippen MR) is 128 cm³/mol. The molecule has 0 spiro atoms. The van der Waals surface area contributed by atoms with Crippen LogP contribution in [-0.4, -0.2) is 33.5 Å². The largest absolute Gasteiger partial charge is 0.497 e. The number of halogens is 2. The van der Waals surface area contributed by atoms with Gasteiger partial charge in [-0.15, -0.1) is 0 Å². The van der Waals surface area contributed by atoms with E-state index in [9.17, 15) is 4.79 Å². The normalized spacial score (nSPS) is 10.7. The standard InChI is InChI=1S/C24H22Cl2N2O5/c1-30-18-8-9-19(21(12-18)31-2)24(29)28-27-13-16-10-20(26)23(22(11-16)32-3)33-14-15-4-6-17(25)7-5-15/h4-13H,14H2,1-3H3,(H,28,29)/b27-13-. The molecule has 9 heteroatoms. The second-order valence-electron chi connectivity index (χ2n) is 6.71. The number of rotatable bonds is 9.